The molecule has 3 amide bonds. The lowest BCUT2D eigenvalue weighted by Crippen LogP contribution is -2.53. The summed E-state index contributed by atoms with van der Waals surface area (Å²) < 4.78 is 0. The maximum absolute atomic E-state index is 13.8. The van der Waals surface area contributed by atoms with E-state index in [1.54, 1.807) is 14.7 Å². The van der Waals surface area contributed by atoms with Gasteiger partial charge >= 0.3 is 6.03 Å². The number of urea groups is 1. The Morgan fingerprint density at radius 3 is 2.72 bits per heavy atom. The number of likely N-dealkylation sites (tertiary alicyclic amines) is 1. The Labute approximate surface area is 213 Å². The van der Waals surface area contributed by atoms with Crippen LogP contribution in [0.15, 0.2) is 49.2 Å². The molecule has 1 saturated heterocycles. The first-order chi connectivity index (χ1) is 17.5. The number of carbonyl (C=O) groups excluding carboxylic acids is 2. The molecule has 192 valence electrons. The third kappa shape index (κ3) is 5.67. The van der Waals surface area contributed by atoms with Crippen LogP contribution in [0.5, 0.6) is 0 Å². The van der Waals surface area contributed by atoms with Crippen molar-refractivity contribution in [2.75, 3.05) is 54.4 Å². The molecule has 1 N–H and O–H groups in total. The summed E-state index contributed by atoms with van der Waals surface area (Å²) in [5.41, 5.74) is 1.71. The smallest absolute Gasteiger partial charge is 0.330 e. The van der Waals surface area contributed by atoms with Crippen LogP contribution in [0, 0.1) is 0 Å². The number of hydrogen-bond acceptors (Lipinski definition) is 6. The molecule has 0 saturated carbocycles. The molecule has 0 radical (unpaired) electrons. The molecular formula is C27H37N7O2. The summed E-state index contributed by atoms with van der Waals surface area (Å²) in [4.78, 5) is 43.0. The summed E-state index contributed by atoms with van der Waals surface area (Å²) >= 11 is 0. The van der Waals surface area contributed by atoms with Crippen LogP contribution in [0.25, 0.3) is 0 Å². The third-order valence-electron chi connectivity index (χ3n) is 7.00. The van der Waals surface area contributed by atoms with Crippen molar-refractivity contribution >= 4 is 29.4 Å². The maximum Gasteiger partial charge on any atom is 0.330 e. The van der Waals surface area contributed by atoms with E-state index in [0.717, 1.165) is 50.3 Å². The summed E-state index contributed by atoms with van der Waals surface area (Å²) in [6, 6.07) is 9.34. The van der Waals surface area contributed by atoms with Gasteiger partial charge in [0.2, 0.25) is 11.9 Å². The Kier molecular flexibility index (Phi) is 8.53. The van der Waals surface area contributed by atoms with Crippen molar-refractivity contribution in [1.29, 1.82) is 0 Å². The van der Waals surface area contributed by atoms with E-state index >= 15 is 0 Å². The van der Waals surface area contributed by atoms with Gasteiger partial charge in [-0.05, 0) is 57.1 Å². The molecule has 1 unspecified atom stereocenters. The van der Waals surface area contributed by atoms with Crippen LogP contribution in [0.4, 0.5) is 22.2 Å². The highest BCUT2D eigenvalue weighted by molar-refractivity contribution is 6.06. The fraction of sp³-hybridized carbons (Fsp3) is 0.481. The Hall–Kier alpha value is -3.46. The summed E-state index contributed by atoms with van der Waals surface area (Å²) in [7, 11) is 0. The number of benzene rings is 1. The number of hydrogen-bond donors (Lipinski definition) is 1. The highest BCUT2D eigenvalue weighted by atomic mass is 16.2. The van der Waals surface area contributed by atoms with E-state index in [0.29, 0.717) is 37.8 Å². The molecule has 2 aromatic rings. The lowest BCUT2D eigenvalue weighted by molar-refractivity contribution is -0.125. The van der Waals surface area contributed by atoms with Gasteiger partial charge in [-0.2, -0.15) is 4.98 Å². The zero-order valence-corrected chi connectivity index (χ0v) is 21.4. The molecule has 36 heavy (non-hydrogen) atoms. The first kappa shape index (κ1) is 25.6. The standard InChI is InChI=1S/C27H37N7O2/c1-4-24(35)32-17-14-23(20-32)34-25-21(19-33(27(34)36)22-12-8-7-9-13-22)18-29-26(30-25)28-15-10-11-16-31(5-2)6-3/h4,7-9,12-13,18,23H,1,5-6,10-11,14-17,19-20H2,2-3H3,(H,28,29,30). The third-order valence-corrected chi connectivity index (χ3v) is 7.00. The zero-order valence-electron chi connectivity index (χ0n) is 21.4. The van der Waals surface area contributed by atoms with E-state index in [1.807, 2.05) is 36.5 Å². The van der Waals surface area contributed by atoms with Gasteiger partial charge in [-0.15, -0.1) is 0 Å². The Bertz CT molecular complexity index is 1060. The Morgan fingerprint density at radius 2 is 2.00 bits per heavy atom. The fourth-order valence-electron chi connectivity index (χ4n) is 4.88. The van der Waals surface area contributed by atoms with Crippen molar-refractivity contribution in [2.24, 2.45) is 0 Å². The number of nitrogens with zero attached hydrogens (tertiary/aromatic N) is 6. The first-order valence-corrected chi connectivity index (χ1v) is 12.9. The van der Waals surface area contributed by atoms with Gasteiger partial charge in [-0.3, -0.25) is 14.6 Å². The topological polar surface area (TPSA) is 84.9 Å². The van der Waals surface area contributed by atoms with E-state index in [2.05, 4.69) is 35.6 Å². The van der Waals surface area contributed by atoms with E-state index < -0.39 is 0 Å². The summed E-state index contributed by atoms with van der Waals surface area (Å²) in [6.45, 7) is 13.4. The van der Waals surface area contributed by atoms with Gasteiger partial charge in [0.15, 0.2) is 0 Å². The maximum atomic E-state index is 13.8. The van der Waals surface area contributed by atoms with Crippen LogP contribution >= 0.6 is 0 Å². The molecule has 2 aliphatic rings. The predicted molar refractivity (Wildman–Crippen MR) is 143 cm³/mol. The molecule has 0 bridgehead atoms. The molecule has 2 aliphatic heterocycles. The summed E-state index contributed by atoms with van der Waals surface area (Å²) in [5.74, 6) is 1.04. The van der Waals surface area contributed by atoms with E-state index in [9.17, 15) is 9.59 Å². The summed E-state index contributed by atoms with van der Waals surface area (Å²) in [5, 5.41) is 3.34. The lowest BCUT2D eigenvalue weighted by Gasteiger charge is -2.39. The van der Waals surface area contributed by atoms with Crippen LogP contribution in [0.1, 0.15) is 38.7 Å². The normalized spacial score (nSPS) is 17.5. The number of carbonyl (C=O) groups is 2. The van der Waals surface area contributed by atoms with Gasteiger partial charge in [-0.25, -0.2) is 9.78 Å². The van der Waals surface area contributed by atoms with Crippen molar-refractivity contribution in [3.8, 4) is 0 Å². The minimum atomic E-state index is -0.163. The second kappa shape index (κ2) is 12.0. The monoisotopic (exact) mass is 491 g/mol. The van der Waals surface area contributed by atoms with Gasteiger partial charge in [0.05, 0.1) is 12.6 Å². The van der Waals surface area contributed by atoms with Crippen molar-refractivity contribution in [3.05, 3.63) is 54.7 Å². The van der Waals surface area contributed by atoms with Gasteiger partial charge in [0.25, 0.3) is 0 Å². The predicted octanol–water partition coefficient (Wildman–Crippen LogP) is 3.74. The average Bonchev–Trinajstić information content (AvgIpc) is 3.40. The fourth-order valence-corrected chi connectivity index (χ4v) is 4.88. The minimum absolute atomic E-state index is 0.114. The minimum Gasteiger partial charge on any atom is -0.354 e. The molecule has 3 heterocycles. The number of amides is 3. The molecule has 1 fully saturated rings. The van der Waals surface area contributed by atoms with Gasteiger partial charge in [0.1, 0.15) is 5.82 Å². The van der Waals surface area contributed by atoms with E-state index in [4.69, 9.17) is 4.98 Å². The molecule has 0 aliphatic carbocycles. The first-order valence-electron chi connectivity index (χ1n) is 12.9. The van der Waals surface area contributed by atoms with Crippen molar-refractivity contribution in [3.63, 3.8) is 0 Å². The summed E-state index contributed by atoms with van der Waals surface area (Å²) in [6.07, 6.45) is 5.95. The molecule has 9 nitrogen and oxygen atoms in total. The number of unbranched alkanes of at least 4 members (excludes halogenated alkanes) is 1. The van der Waals surface area contributed by atoms with Crippen LogP contribution in [0.2, 0.25) is 0 Å². The van der Waals surface area contributed by atoms with Crippen molar-refractivity contribution in [2.45, 2.75) is 45.7 Å². The molecule has 1 aromatic carbocycles. The number of anilines is 3. The number of nitrogens with one attached hydrogen (secondary N) is 1. The average molecular weight is 492 g/mol. The molecule has 0 spiro atoms. The number of para-hydroxylation sites is 1. The Balaban J connectivity index is 1.53. The van der Waals surface area contributed by atoms with E-state index in [-0.39, 0.29) is 18.0 Å². The Morgan fingerprint density at radius 1 is 1.22 bits per heavy atom. The molecule has 1 aromatic heterocycles. The van der Waals surface area contributed by atoms with Gasteiger partial charge < -0.3 is 15.1 Å². The van der Waals surface area contributed by atoms with Crippen LogP contribution in [-0.2, 0) is 11.3 Å². The molecular weight excluding hydrogens is 454 g/mol. The van der Waals surface area contributed by atoms with E-state index in [1.165, 1.54) is 6.08 Å². The second-order valence-electron chi connectivity index (χ2n) is 9.21. The quantitative estimate of drug-likeness (QED) is 0.381. The van der Waals surface area contributed by atoms with Crippen LogP contribution < -0.4 is 15.1 Å². The number of rotatable bonds is 11. The highest BCUT2D eigenvalue weighted by Crippen LogP contribution is 2.34. The van der Waals surface area contributed by atoms with Gasteiger partial charge in [-0.1, -0.05) is 38.6 Å². The van der Waals surface area contributed by atoms with Crippen LogP contribution in [0.3, 0.4) is 0 Å². The van der Waals surface area contributed by atoms with Gasteiger partial charge in [0, 0.05) is 37.1 Å². The second-order valence-corrected chi connectivity index (χ2v) is 9.21. The molecule has 4 rings (SSSR count). The molecule has 9 heteroatoms. The largest absolute Gasteiger partial charge is 0.354 e. The lowest BCUT2D eigenvalue weighted by atomic mass is 10.1. The highest BCUT2D eigenvalue weighted by Gasteiger charge is 2.40. The van der Waals surface area contributed by atoms with Crippen LogP contribution in [-0.4, -0.2) is 77.0 Å². The SMILES string of the molecule is C=CC(=O)N1CCC(N2C(=O)N(c3ccccc3)Cc3cnc(NCCCCN(CC)CC)nc32)C1. The zero-order chi connectivity index (χ0) is 25.5. The number of aromatic nitrogens is 2. The van der Waals surface area contributed by atoms with Crippen molar-refractivity contribution in [1.82, 2.24) is 19.8 Å². The molecule has 1 atom stereocenters. The number of fused-ring (bicyclic) bond motifs is 1. The van der Waals surface area contributed by atoms with Crippen molar-refractivity contribution < 1.29 is 9.59 Å².